The third kappa shape index (κ3) is 3.83. The second-order valence-electron chi connectivity index (χ2n) is 5.28. The van der Waals surface area contributed by atoms with Crippen LogP contribution in [-0.2, 0) is 11.3 Å². The van der Waals surface area contributed by atoms with Gasteiger partial charge in [-0.2, -0.15) is 13.8 Å². The topological polar surface area (TPSA) is 60.6 Å². The van der Waals surface area contributed by atoms with Gasteiger partial charge in [0.1, 0.15) is 5.75 Å². The minimum absolute atomic E-state index is 0.0228. The van der Waals surface area contributed by atoms with Crippen LogP contribution in [0.5, 0.6) is 5.75 Å². The van der Waals surface area contributed by atoms with Crippen LogP contribution in [0, 0.1) is 0 Å². The van der Waals surface area contributed by atoms with Gasteiger partial charge < -0.3 is 14.0 Å². The molecule has 3 rings (SSSR count). The summed E-state index contributed by atoms with van der Waals surface area (Å²) in [4.78, 5) is 6.46. The van der Waals surface area contributed by atoms with E-state index in [-0.39, 0.29) is 17.6 Å². The van der Waals surface area contributed by atoms with Gasteiger partial charge >= 0.3 is 6.61 Å². The Labute approximate surface area is 132 Å². The number of ether oxygens (including phenoxy) is 2. The number of rotatable bonds is 5. The normalized spacial score (nSPS) is 19.2. The number of alkyl halides is 2. The molecule has 0 aliphatic carbocycles. The molecule has 1 unspecified atom stereocenters. The Bertz CT molecular complexity index is 650. The highest BCUT2D eigenvalue weighted by molar-refractivity contribution is 5.63. The number of hydrogen-bond acceptors (Lipinski definition) is 6. The first-order valence-corrected chi connectivity index (χ1v) is 7.32. The van der Waals surface area contributed by atoms with E-state index in [2.05, 4.69) is 26.7 Å². The molecule has 0 N–H and O–H groups in total. The molecule has 0 amide bonds. The second-order valence-corrected chi connectivity index (χ2v) is 5.28. The Morgan fingerprint density at radius 3 is 3.00 bits per heavy atom. The molecule has 0 saturated carbocycles. The molecule has 0 bridgehead atoms. The molecule has 1 aliphatic heterocycles. The van der Waals surface area contributed by atoms with Crippen molar-refractivity contribution in [2.24, 2.45) is 0 Å². The predicted molar refractivity (Wildman–Crippen MR) is 77.1 cm³/mol. The summed E-state index contributed by atoms with van der Waals surface area (Å²) in [6.45, 7) is 1.75. The van der Waals surface area contributed by atoms with Gasteiger partial charge in [-0.15, -0.1) is 0 Å². The Kier molecular flexibility index (Phi) is 4.82. The minimum atomic E-state index is -2.91. The zero-order valence-corrected chi connectivity index (χ0v) is 12.6. The van der Waals surface area contributed by atoms with E-state index < -0.39 is 6.61 Å². The van der Waals surface area contributed by atoms with E-state index >= 15 is 0 Å². The van der Waals surface area contributed by atoms with Crippen molar-refractivity contribution in [1.82, 2.24) is 15.0 Å². The van der Waals surface area contributed by atoms with E-state index in [1.807, 2.05) is 0 Å². The maximum absolute atomic E-state index is 12.5. The summed E-state index contributed by atoms with van der Waals surface area (Å²) in [6, 6.07) is 6.63. The minimum Gasteiger partial charge on any atom is -0.434 e. The molecule has 1 fully saturated rings. The van der Waals surface area contributed by atoms with Crippen molar-refractivity contribution in [3.63, 3.8) is 0 Å². The molecule has 124 valence electrons. The highest BCUT2D eigenvalue weighted by Gasteiger charge is 2.22. The summed E-state index contributed by atoms with van der Waals surface area (Å²) in [5.74, 6) is 0.687. The molecule has 1 aromatic heterocycles. The zero-order chi connectivity index (χ0) is 16.2. The quantitative estimate of drug-likeness (QED) is 0.842. The number of para-hydroxylation sites is 1. The summed E-state index contributed by atoms with van der Waals surface area (Å²) in [6.07, 6.45) is 0. The summed E-state index contributed by atoms with van der Waals surface area (Å²) >= 11 is 0. The molecule has 1 saturated heterocycles. The lowest BCUT2D eigenvalue weighted by Crippen LogP contribution is -2.42. The van der Waals surface area contributed by atoms with Gasteiger partial charge in [-0.1, -0.05) is 17.3 Å². The Balaban J connectivity index is 1.77. The van der Waals surface area contributed by atoms with Gasteiger partial charge in [0, 0.05) is 12.6 Å². The van der Waals surface area contributed by atoms with Gasteiger partial charge in [-0.3, -0.25) is 4.90 Å². The fourth-order valence-corrected chi connectivity index (χ4v) is 2.45. The summed E-state index contributed by atoms with van der Waals surface area (Å²) in [5.41, 5.74) is 0.373. The Hall–Kier alpha value is -2.06. The van der Waals surface area contributed by atoms with Crippen LogP contribution in [0.25, 0.3) is 11.4 Å². The van der Waals surface area contributed by atoms with Crippen LogP contribution in [0.15, 0.2) is 28.8 Å². The van der Waals surface area contributed by atoms with Crippen molar-refractivity contribution in [3.05, 3.63) is 30.2 Å². The molecule has 1 aliphatic rings. The Morgan fingerprint density at radius 2 is 2.22 bits per heavy atom. The predicted octanol–water partition coefficient (Wildman–Crippen LogP) is 2.56. The van der Waals surface area contributed by atoms with E-state index in [1.54, 1.807) is 18.2 Å². The standard InChI is InChI=1S/C15H17F2N3O3/c1-10-9-21-7-6-20(10)8-13-18-14(19-23-13)11-4-2-3-5-12(11)22-15(16)17/h2-5,10,15H,6-9H2,1H3. The Morgan fingerprint density at radius 1 is 1.39 bits per heavy atom. The molecule has 2 aromatic rings. The molecule has 6 nitrogen and oxygen atoms in total. The molecule has 0 radical (unpaired) electrons. The van der Waals surface area contributed by atoms with Gasteiger partial charge in [0.2, 0.25) is 11.7 Å². The van der Waals surface area contributed by atoms with Crippen LogP contribution in [0.4, 0.5) is 8.78 Å². The van der Waals surface area contributed by atoms with E-state index in [1.165, 1.54) is 6.07 Å². The van der Waals surface area contributed by atoms with Crippen molar-refractivity contribution in [1.29, 1.82) is 0 Å². The van der Waals surface area contributed by atoms with Crippen molar-refractivity contribution < 1.29 is 22.8 Å². The lowest BCUT2D eigenvalue weighted by Gasteiger charge is -2.31. The number of hydrogen-bond donors (Lipinski definition) is 0. The molecule has 1 aromatic carbocycles. The fourth-order valence-electron chi connectivity index (χ4n) is 2.45. The van der Waals surface area contributed by atoms with Crippen LogP contribution >= 0.6 is 0 Å². The van der Waals surface area contributed by atoms with Gasteiger partial charge in [0.05, 0.1) is 25.3 Å². The van der Waals surface area contributed by atoms with Crippen LogP contribution in [0.1, 0.15) is 12.8 Å². The monoisotopic (exact) mass is 325 g/mol. The molecule has 1 atom stereocenters. The number of benzene rings is 1. The number of nitrogens with zero attached hydrogens (tertiary/aromatic N) is 3. The highest BCUT2D eigenvalue weighted by atomic mass is 19.3. The molecular weight excluding hydrogens is 308 g/mol. The zero-order valence-electron chi connectivity index (χ0n) is 12.6. The largest absolute Gasteiger partial charge is 0.434 e. The highest BCUT2D eigenvalue weighted by Crippen LogP contribution is 2.29. The third-order valence-electron chi connectivity index (χ3n) is 3.66. The molecule has 23 heavy (non-hydrogen) atoms. The first-order valence-electron chi connectivity index (χ1n) is 7.32. The van der Waals surface area contributed by atoms with Gasteiger partial charge in [0.25, 0.3) is 0 Å². The van der Waals surface area contributed by atoms with Crippen molar-refractivity contribution in [2.75, 3.05) is 19.8 Å². The smallest absolute Gasteiger partial charge is 0.387 e. The van der Waals surface area contributed by atoms with E-state index in [0.29, 0.717) is 31.2 Å². The number of halogens is 2. The van der Waals surface area contributed by atoms with Crippen molar-refractivity contribution >= 4 is 0 Å². The van der Waals surface area contributed by atoms with Gasteiger partial charge in [-0.25, -0.2) is 0 Å². The lowest BCUT2D eigenvalue weighted by atomic mass is 10.2. The van der Waals surface area contributed by atoms with Crippen LogP contribution in [-0.4, -0.2) is 47.5 Å². The van der Waals surface area contributed by atoms with Gasteiger partial charge in [0.15, 0.2) is 0 Å². The molecule has 2 heterocycles. The number of morpholine rings is 1. The first-order chi connectivity index (χ1) is 11.1. The van der Waals surface area contributed by atoms with Crippen LogP contribution < -0.4 is 4.74 Å². The van der Waals surface area contributed by atoms with E-state index in [9.17, 15) is 8.78 Å². The summed E-state index contributed by atoms with van der Waals surface area (Å²) in [5, 5.41) is 3.88. The SMILES string of the molecule is CC1COCCN1Cc1nc(-c2ccccc2OC(F)F)no1. The second kappa shape index (κ2) is 7.01. The average molecular weight is 325 g/mol. The fraction of sp³-hybridized carbons (Fsp3) is 0.467. The lowest BCUT2D eigenvalue weighted by molar-refractivity contribution is -0.0494. The summed E-state index contributed by atoms with van der Waals surface area (Å²) < 4.78 is 40.1. The molecular formula is C15H17F2N3O3. The van der Waals surface area contributed by atoms with Crippen LogP contribution in [0.2, 0.25) is 0 Å². The van der Waals surface area contributed by atoms with Crippen molar-refractivity contribution in [2.45, 2.75) is 26.1 Å². The summed E-state index contributed by atoms with van der Waals surface area (Å²) in [7, 11) is 0. The molecule has 0 spiro atoms. The van der Waals surface area contributed by atoms with E-state index in [0.717, 1.165) is 6.54 Å². The molecule has 8 heteroatoms. The van der Waals surface area contributed by atoms with Gasteiger partial charge in [-0.05, 0) is 19.1 Å². The van der Waals surface area contributed by atoms with E-state index in [4.69, 9.17) is 9.26 Å². The maximum atomic E-state index is 12.5. The van der Waals surface area contributed by atoms with Crippen LogP contribution in [0.3, 0.4) is 0 Å². The third-order valence-corrected chi connectivity index (χ3v) is 3.66. The number of aromatic nitrogens is 2. The first kappa shape index (κ1) is 15.8. The maximum Gasteiger partial charge on any atom is 0.387 e. The average Bonchev–Trinajstić information content (AvgIpc) is 2.98. The van der Waals surface area contributed by atoms with Crippen molar-refractivity contribution in [3.8, 4) is 17.1 Å².